The zero-order valence-electron chi connectivity index (χ0n) is 15.4. The van der Waals surface area contributed by atoms with E-state index in [0.29, 0.717) is 6.54 Å². The molecule has 2 aromatic rings. The molecule has 0 saturated carbocycles. The second kappa shape index (κ2) is 8.94. The molecule has 134 valence electrons. The number of aromatic nitrogens is 3. The third-order valence-corrected chi connectivity index (χ3v) is 4.43. The monoisotopic (exact) mass is 347 g/mol. The smallest absolute Gasteiger partial charge is 0.0744 e. The number of nitrogens with zero attached hydrogens (tertiary/aromatic N) is 3. The van der Waals surface area contributed by atoms with Crippen LogP contribution in [0.1, 0.15) is 35.7 Å². The van der Waals surface area contributed by atoms with E-state index in [1.54, 1.807) is 6.20 Å². The van der Waals surface area contributed by atoms with Crippen LogP contribution in [0.25, 0.3) is 17.3 Å². The fourth-order valence-corrected chi connectivity index (χ4v) is 3.15. The summed E-state index contributed by atoms with van der Waals surface area (Å²) in [6, 6.07) is 8.02. The van der Waals surface area contributed by atoms with Gasteiger partial charge in [0.2, 0.25) is 0 Å². The zero-order valence-corrected chi connectivity index (χ0v) is 15.4. The van der Waals surface area contributed by atoms with Gasteiger partial charge in [-0.1, -0.05) is 31.6 Å². The molecule has 0 amide bonds. The van der Waals surface area contributed by atoms with E-state index in [0.717, 1.165) is 36.2 Å². The maximum Gasteiger partial charge on any atom is 0.0744 e. The molecule has 5 heteroatoms. The summed E-state index contributed by atoms with van der Waals surface area (Å²) >= 11 is 0. The van der Waals surface area contributed by atoms with Gasteiger partial charge in [-0.2, -0.15) is 10.2 Å². The lowest BCUT2D eigenvalue weighted by Crippen LogP contribution is -2.06. The molecule has 0 unspecified atom stereocenters. The van der Waals surface area contributed by atoms with Crippen molar-refractivity contribution >= 4 is 12.3 Å². The van der Waals surface area contributed by atoms with E-state index >= 15 is 0 Å². The number of hydrogen-bond acceptors (Lipinski definition) is 4. The van der Waals surface area contributed by atoms with Crippen LogP contribution >= 0.6 is 0 Å². The van der Waals surface area contributed by atoms with Crippen molar-refractivity contribution in [2.75, 3.05) is 6.54 Å². The Bertz CT molecular complexity index is 838. The summed E-state index contributed by atoms with van der Waals surface area (Å²) < 4.78 is 0. The molecule has 0 spiro atoms. The molecule has 0 fully saturated rings. The molecular formula is C21H25N5. The summed E-state index contributed by atoms with van der Waals surface area (Å²) in [4.78, 5) is 5.06. The Labute approximate surface area is 154 Å². The Morgan fingerprint density at radius 3 is 3.00 bits per heavy atom. The second-order valence-corrected chi connectivity index (χ2v) is 6.21. The summed E-state index contributed by atoms with van der Waals surface area (Å²) in [5.74, 6) is 0. The molecule has 0 saturated heterocycles. The predicted octanol–water partition coefficient (Wildman–Crippen LogP) is 4.00. The molecule has 3 heterocycles. The first-order valence-corrected chi connectivity index (χ1v) is 9.07. The van der Waals surface area contributed by atoms with Gasteiger partial charge in [0.15, 0.2) is 0 Å². The minimum atomic E-state index is 0.704. The lowest BCUT2D eigenvalue weighted by atomic mass is 9.92. The maximum absolute atomic E-state index is 5.06. The van der Waals surface area contributed by atoms with E-state index in [-0.39, 0.29) is 0 Å². The van der Waals surface area contributed by atoms with Gasteiger partial charge in [0.05, 0.1) is 17.9 Å². The van der Waals surface area contributed by atoms with E-state index in [1.807, 2.05) is 30.6 Å². The first kappa shape index (κ1) is 17.9. The largest absolute Gasteiger partial charge is 0.307 e. The normalized spacial score (nSPS) is 14.2. The van der Waals surface area contributed by atoms with Crippen molar-refractivity contribution in [2.45, 2.75) is 33.1 Å². The lowest BCUT2D eigenvalue weighted by molar-refractivity contribution is 0.830. The van der Waals surface area contributed by atoms with E-state index in [2.05, 4.69) is 52.8 Å². The average Bonchev–Trinajstić information content (AvgIpc) is 2.85. The molecule has 3 rings (SSSR count). The summed E-state index contributed by atoms with van der Waals surface area (Å²) in [5, 5.41) is 11.2. The second-order valence-electron chi connectivity index (χ2n) is 6.21. The van der Waals surface area contributed by atoms with Crippen molar-refractivity contribution in [2.24, 2.45) is 5.10 Å². The fourth-order valence-electron chi connectivity index (χ4n) is 3.15. The van der Waals surface area contributed by atoms with Crippen molar-refractivity contribution in [1.29, 1.82) is 0 Å². The first-order chi connectivity index (χ1) is 12.8. The molecule has 1 aliphatic rings. The van der Waals surface area contributed by atoms with Gasteiger partial charge in [0.25, 0.3) is 0 Å². The molecule has 0 bridgehead atoms. The van der Waals surface area contributed by atoms with Crippen molar-refractivity contribution in [3.63, 3.8) is 0 Å². The molecule has 26 heavy (non-hydrogen) atoms. The molecule has 0 radical (unpaired) electrons. The minimum Gasteiger partial charge on any atom is -0.307 e. The van der Waals surface area contributed by atoms with Crippen LogP contribution in [0.2, 0.25) is 0 Å². The quantitative estimate of drug-likeness (QED) is 0.882. The van der Waals surface area contributed by atoms with Gasteiger partial charge >= 0.3 is 0 Å². The molecule has 0 aromatic carbocycles. The van der Waals surface area contributed by atoms with Crippen LogP contribution in [-0.4, -0.2) is 27.9 Å². The Kier molecular flexibility index (Phi) is 6.14. The van der Waals surface area contributed by atoms with Crippen LogP contribution in [-0.2, 0) is 12.8 Å². The van der Waals surface area contributed by atoms with E-state index in [9.17, 15) is 0 Å². The number of aromatic amines is 1. The van der Waals surface area contributed by atoms with E-state index < -0.39 is 0 Å². The van der Waals surface area contributed by atoms with Crippen LogP contribution in [0.5, 0.6) is 0 Å². The topological polar surface area (TPSA) is 66.0 Å². The summed E-state index contributed by atoms with van der Waals surface area (Å²) in [7, 11) is 0. The summed E-state index contributed by atoms with van der Waals surface area (Å²) in [6.07, 6.45) is 12.5. The molecular weight excluding hydrogens is 322 g/mol. The molecule has 5 nitrogen and oxygen atoms in total. The number of fused-ring (bicyclic) bond motifs is 1. The van der Waals surface area contributed by atoms with Gasteiger partial charge in [-0.3, -0.25) is 5.10 Å². The van der Waals surface area contributed by atoms with E-state index in [4.69, 9.17) is 4.98 Å². The van der Waals surface area contributed by atoms with Crippen LogP contribution < -0.4 is 5.43 Å². The highest BCUT2D eigenvalue weighted by molar-refractivity contribution is 5.72. The van der Waals surface area contributed by atoms with Crippen LogP contribution in [0.4, 0.5) is 0 Å². The van der Waals surface area contributed by atoms with Gasteiger partial charge in [0.1, 0.15) is 0 Å². The average molecular weight is 347 g/mol. The number of H-pyrrole nitrogens is 1. The van der Waals surface area contributed by atoms with Crippen LogP contribution in [0.3, 0.4) is 0 Å². The third-order valence-electron chi connectivity index (χ3n) is 4.43. The lowest BCUT2D eigenvalue weighted by Gasteiger charge is -2.17. The highest BCUT2D eigenvalue weighted by atomic mass is 15.3. The third kappa shape index (κ3) is 4.17. The Morgan fingerprint density at radius 2 is 2.12 bits per heavy atom. The number of rotatable bonds is 3. The predicted molar refractivity (Wildman–Crippen MR) is 107 cm³/mol. The maximum atomic E-state index is 5.06. The SMILES string of the molecule is CCCc1c(-c2ccccn[nH]cc2)nc2c(c1C)C/C=N\NCC=C2. The molecule has 2 N–H and O–H groups in total. The number of hydrogen-bond donors (Lipinski definition) is 2. The van der Waals surface area contributed by atoms with Gasteiger partial charge in [-0.05, 0) is 48.2 Å². The van der Waals surface area contributed by atoms with Crippen LogP contribution in [0.15, 0.2) is 47.8 Å². The Morgan fingerprint density at radius 1 is 1.19 bits per heavy atom. The highest BCUT2D eigenvalue weighted by Gasteiger charge is 2.16. The van der Waals surface area contributed by atoms with Gasteiger partial charge in [-0.15, -0.1) is 0 Å². The molecule has 0 atom stereocenters. The number of pyridine rings is 1. The van der Waals surface area contributed by atoms with Gasteiger partial charge in [-0.25, -0.2) is 4.98 Å². The van der Waals surface area contributed by atoms with Crippen molar-refractivity contribution in [3.8, 4) is 11.3 Å². The fraction of sp³-hybridized carbons (Fsp3) is 0.286. The zero-order chi connectivity index (χ0) is 18.2. The Hall–Kier alpha value is -2.95. The molecule has 0 aliphatic carbocycles. The standard InChI is InChI=1S/C21H25N5/c1-3-7-19-16(2)18-11-15-25-23-13-6-9-20(18)26-21(19)17-8-4-5-12-22-24-14-10-17/h4-6,8-10,12,14-15,23-24H,3,7,11,13H2,1-2H3/b5-4?,9-6?,14-10?,17-8?,22-12?,25-15-. The molecule has 2 aromatic heterocycles. The minimum absolute atomic E-state index is 0.704. The number of hydrazone groups is 1. The van der Waals surface area contributed by atoms with Crippen molar-refractivity contribution < 1.29 is 0 Å². The van der Waals surface area contributed by atoms with Crippen LogP contribution in [0, 0.1) is 6.92 Å². The van der Waals surface area contributed by atoms with E-state index in [1.165, 1.54) is 16.7 Å². The number of nitrogens with one attached hydrogen (secondary N) is 2. The van der Waals surface area contributed by atoms with Gasteiger partial charge in [0, 0.05) is 30.6 Å². The molecule has 1 aliphatic heterocycles. The first-order valence-electron chi connectivity index (χ1n) is 9.07. The van der Waals surface area contributed by atoms with Crippen molar-refractivity contribution in [1.82, 2.24) is 20.6 Å². The van der Waals surface area contributed by atoms with Crippen molar-refractivity contribution in [3.05, 3.63) is 65.1 Å². The summed E-state index contributed by atoms with van der Waals surface area (Å²) in [6.45, 7) is 5.12. The highest BCUT2D eigenvalue weighted by Crippen LogP contribution is 2.29. The Balaban J connectivity index is 2.25. The summed E-state index contributed by atoms with van der Waals surface area (Å²) in [5.41, 5.74) is 10.0. The van der Waals surface area contributed by atoms with Gasteiger partial charge < -0.3 is 5.43 Å².